The van der Waals surface area contributed by atoms with Crippen LogP contribution in [0.3, 0.4) is 0 Å². The Morgan fingerprint density at radius 3 is 2.86 bits per heavy atom. The number of carboxylic acids is 1. The number of thiophene rings is 1. The smallest absolute Gasteiger partial charge is 0.303 e. The topological polar surface area (TPSA) is 83.1 Å². The minimum absolute atomic E-state index is 0.0756. The second kappa shape index (κ2) is 6.15. The monoisotopic (exact) mass is 318 g/mol. The van der Waals surface area contributed by atoms with E-state index in [1.165, 1.54) is 5.01 Å². The maximum Gasteiger partial charge on any atom is 0.303 e. The van der Waals surface area contributed by atoms with E-state index in [-0.39, 0.29) is 24.8 Å². The predicted molar refractivity (Wildman–Crippen MR) is 80.6 cm³/mol. The highest BCUT2D eigenvalue weighted by molar-refractivity contribution is 7.12. The molecule has 1 N–H and O–H groups in total. The number of hydrogen-bond donors (Lipinski definition) is 1. The summed E-state index contributed by atoms with van der Waals surface area (Å²) in [6.45, 7) is 0. The zero-order valence-electron chi connectivity index (χ0n) is 11.6. The number of carboxylic acid groups (broad SMARTS) is 1. The van der Waals surface area contributed by atoms with E-state index >= 15 is 0 Å². The van der Waals surface area contributed by atoms with Crippen molar-refractivity contribution in [2.75, 3.05) is 0 Å². The van der Waals surface area contributed by atoms with Crippen molar-refractivity contribution in [3.05, 3.63) is 46.5 Å². The van der Waals surface area contributed by atoms with Crippen molar-refractivity contribution in [3.8, 4) is 0 Å². The maximum atomic E-state index is 12.3. The number of hydrogen-bond acceptors (Lipinski definition) is 5. The SMILES string of the molecule is O=C(O)CCC(=O)N1N=C(c2cccs2)CC1c1ccco1. The molecule has 3 rings (SSSR count). The summed E-state index contributed by atoms with van der Waals surface area (Å²) in [5.74, 6) is -0.654. The van der Waals surface area contributed by atoms with Gasteiger partial charge in [-0.05, 0) is 23.6 Å². The lowest BCUT2D eigenvalue weighted by Crippen LogP contribution is -2.27. The number of hydrazone groups is 1. The van der Waals surface area contributed by atoms with Gasteiger partial charge in [-0.1, -0.05) is 6.07 Å². The van der Waals surface area contributed by atoms with E-state index in [4.69, 9.17) is 9.52 Å². The van der Waals surface area contributed by atoms with Crippen molar-refractivity contribution in [3.63, 3.8) is 0 Å². The first-order valence-corrected chi connectivity index (χ1v) is 7.71. The number of rotatable bonds is 5. The van der Waals surface area contributed by atoms with Gasteiger partial charge in [0.15, 0.2) is 0 Å². The lowest BCUT2D eigenvalue weighted by molar-refractivity contribution is -0.141. The average Bonchev–Trinajstić information content (AvgIpc) is 3.23. The third kappa shape index (κ3) is 2.94. The Kier molecular flexibility index (Phi) is 4.06. The Hall–Kier alpha value is -2.41. The van der Waals surface area contributed by atoms with Crippen LogP contribution in [0.25, 0.3) is 0 Å². The molecule has 1 atom stereocenters. The lowest BCUT2D eigenvalue weighted by Gasteiger charge is -2.19. The molecule has 1 aliphatic rings. The second-order valence-corrected chi connectivity index (χ2v) is 5.84. The van der Waals surface area contributed by atoms with Crippen LogP contribution in [0.1, 0.15) is 35.9 Å². The first-order valence-electron chi connectivity index (χ1n) is 6.84. The van der Waals surface area contributed by atoms with Crippen molar-refractivity contribution < 1.29 is 19.1 Å². The van der Waals surface area contributed by atoms with Gasteiger partial charge in [0.05, 0.1) is 23.3 Å². The first kappa shape index (κ1) is 14.5. The van der Waals surface area contributed by atoms with Gasteiger partial charge in [-0.25, -0.2) is 5.01 Å². The molecule has 1 amide bonds. The quantitative estimate of drug-likeness (QED) is 0.919. The molecule has 1 unspecified atom stereocenters. The maximum absolute atomic E-state index is 12.3. The summed E-state index contributed by atoms with van der Waals surface area (Å²) in [7, 11) is 0. The number of aliphatic carboxylic acids is 1. The number of furan rings is 1. The molecule has 2 aromatic rings. The lowest BCUT2D eigenvalue weighted by atomic mass is 10.1. The van der Waals surface area contributed by atoms with Gasteiger partial charge in [0.25, 0.3) is 0 Å². The van der Waals surface area contributed by atoms with Crippen LogP contribution in [0.5, 0.6) is 0 Å². The number of carbonyl (C=O) groups excluding carboxylic acids is 1. The molecule has 0 fully saturated rings. The molecule has 22 heavy (non-hydrogen) atoms. The molecular weight excluding hydrogens is 304 g/mol. The summed E-state index contributed by atoms with van der Waals surface area (Å²) in [6.07, 6.45) is 1.84. The molecule has 0 radical (unpaired) electrons. The Labute approximate surface area is 130 Å². The molecule has 0 spiro atoms. The number of nitrogens with zero attached hydrogens (tertiary/aromatic N) is 2. The molecule has 0 aliphatic carbocycles. The molecule has 0 saturated carbocycles. The Balaban J connectivity index is 1.84. The average molecular weight is 318 g/mol. The Bertz CT molecular complexity index is 691. The summed E-state index contributed by atoms with van der Waals surface area (Å²) >= 11 is 1.56. The minimum Gasteiger partial charge on any atom is -0.481 e. The molecule has 2 aromatic heterocycles. The van der Waals surface area contributed by atoms with Crippen LogP contribution in [0.15, 0.2) is 45.4 Å². The van der Waals surface area contributed by atoms with E-state index in [1.54, 1.807) is 29.7 Å². The van der Waals surface area contributed by atoms with Crippen molar-refractivity contribution >= 4 is 28.9 Å². The van der Waals surface area contributed by atoms with Crippen LogP contribution in [-0.4, -0.2) is 27.7 Å². The van der Waals surface area contributed by atoms with Crippen molar-refractivity contribution in [1.29, 1.82) is 0 Å². The normalized spacial score (nSPS) is 17.5. The molecule has 3 heterocycles. The molecule has 0 aromatic carbocycles. The number of carbonyl (C=O) groups is 2. The molecule has 0 bridgehead atoms. The van der Waals surface area contributed by atoms with Gasteiger partial charge in [0.1, 0.15) is 11.8 Å². The van der Waals surface area contributed by atoms with Crippen LogP contribution >= 0.6 is 11.3 Å². The molecular formula is C15H14N2O4S. The Morgan fingerprint density at radius 1 is 1.36 bits per heavy atom. The van der Waals surface area contributed by atoms with E-state index in [0.717, 1.165) is 10.6 Å². The van der Waals surface area contributed by atoms with E-state index in [2.05, 4.69) is 5.10 Å². The van der Waals surface area contributed by atoms with E-state index in [9.17, 15) is 9.59 Å². The van der Waals surface area contributed by atoms with Crippen molar-refractivity contribution in [1.82, 2.24) is 5.01 Å². The molecule has 6 nitrogen and oxygen atoms in total. The third-order valence-electron chi connectivity index (χ3n) is 3.40. The zero-order valence-corrected chi connectivity index (χ0v) is 12.5. The van der Waals surface area contributed by atoms with Crippen LogP contribution in [-0.2, 0) is 9.59 Å². The van der Waals surface area contributed by atoms with Gasteiger partial charge < -0.3 is 9.52 Å². The summed E-state index contributed by atoms with van der Waals surface area (Å²) in [5.41, 5.74) is 0.820. The number of amides is 1. The van der Waals surface area contributed by atoms with Gasteiger partial charge in [-0.2, -0.15) is 5.10 Å². The summed E-state index contributed by atoms with van der Waals surface area (Å²) in [5, 5.41) is 16.4. The third-order valence-corrected chi connectivity index (χ3v) is 4.31. The highest BCUT2D eigenvalue weighted by Gasteiger charge is 2.34. The van der Waals surface area contributed by atoms with Crippen LogP contribution in [0.2, 0.25) is 0 Å². The van der Waals surface area contributed by atoms with Crippen molar-refractivity contribution in [2.24, 2.45) is 5.10 Å². The molecule has 0 saturated heterocycles. The predicted octanol–water partition coefficient (Wildman–Crippen LogP) is 2.88. The Morgan fingerprint density at radius 2 is 2.23 bits per heavy atom. The van der Waals surface area contributed by atoms with E-state index in [0.29, 0.717) is 12.2 Å². The second-order valence-electron chi connectivity index (χ2n) is 4.89. The van der Waals surface area contributed by atoms with Gasteiger partial charge >= 0.3 is 5.97 Å². The zero-order chi connectivity index (χ0) is 15.5. The van der Waals surface area contributed by atoms with E-state index < -0.39 is 5.97 Å². The fraction of sp³-hybridized carbons (Fsp3) is 0.267. The van der Waals surface area contributed by atoms with Crippen LogP contribution < -0.4 is 0 Å². The summed E-state index contributed by atoms with van der Waals surface area (Å²) < 4.78 is 5.41. The fourth-order valence-corrected chi connectivity index (χ4v) is 3.08. The summed E-state index contributed by atoms with van der Waals surface area (Å²) in [4.78, 5) is 23.9. The first-order chi connectivity index (χ1) is 10.6. The van der Waals surface area contributed by atoms with Crippen LogP contribution in [0.4, 0.5) is 0 Å². The van der Waals surface area contributed by atoms with Crippen LogP contribution in [0, 0.1) is 0 Å². The molecule has 114 valence electrons. The summed E-state index contributed by atoms with van der Waals surface area (Å²) in [6, 6.07) is 7.13. The van der Waals surface area contributed by atoms with E-state index in [1.807, 2.05) is 17.5 Å². The van der Waals surface area contributed by atoms with Gasteiger partial charge in [0.2, 0.25) is 5.91 Å². The van der Waals surface area contributed by atoms with Gasteiger partial charge in [-0.3, -0.25) is 9.59 Å². The molecule has 7 heteroatoms. The van der Waals surface area contributed by atoms with Gasteiger partial charge in [-0.15, -0.1) is 11.3 Å². The highest BCUT2D eigenvalue weighted by Crippen LogP contribution is 2.34. The highest BCUT2D eigenvalue weighted by atomic mass is 32.1. The molecule has 1 aliphatic heterocycles. The van der Waals surface area contributed by atoms with Crippen molar-refractivity contribution in [2.45, 2.75) is 25.3 Å². The minimum atomic E-state index is -0.996. The largest absolute Gasteiger partial charge is 0.481 e. The van der Waals surface area contributed by atoms with Gasteiger partial charge in [0, 0.05) is 12.8 Å². The fourth-order valence-electron chi connectivity index (χ4n) is 2.36. The standard InChI is InChI=1S/C15H14N2O4S/c18-14(5-6-15(19)20)17-11(12-3-1-7-21-12)9-10(16-17)13-4-2-8-22-13/h1-4,7-8,11H,5-6,9H2,(H,19,20).